The van der Waals surface area contributed by atoms with E-state index in [1.807, 2.05) is 0 Å². The molecule has 1 heterocycles. The number of urea groups is 1. The first-order valence-corrected chi connectivity index (χ1v) is 7.58. The third-order valence-electron chi connectivity index (χ3n) is 2.52. The Morgan fingerprint density at radius 3 is 2.22 bits per heavy atom. The minimum absolute atomic E-state index is 0.0505. The van der Waals surface area contributed by atoms with E-state index in [0.29, 0.717) is 13.2 Å². The van der Waals surface area contributed by atoms with Gasteiger partial charge in [0.2, 0.25) is 5.91 Å². The van der Waals surface area contributed by atoms with Crippen LogP contribution in [0.15, 0.2) is 12.1 Å². The zero-order valence-corrected chi connectivity index (χ0v) is 14.2. The highest BCUT2D eigenvalue weighted by Gasteiger charge is 2.20. The standard InChI is InChI=1S/C13H18Cl2N4O4/c1-3-22-12(23-4-2)7-11(20)18-19(13(16)21)8-5-9(14)17-10(15)6-8/h5-6,12H,3-4,7H2,1-2H3,(H2,16,21)(H,18,20). The summed E-state index contributed by atoms with van der Waals surface area (Å²) in [5.41, 5.74) is 7.80. The monoisotopic (exact) mass is 364 g/mol. The predicted octanol–water partition coefficient (Wildman–Crippen LogP) is 2.09. The van der Waals surface area contributed by atoms with E-state index in [9.17, 15) is 9.59 Å². The quantitative estimate of drug-likeness (QED) is 0.437. The Morgan fingerprint density at radius 2 is 1.78 bits per heavy atom. The fourth-order valence-corrected chi connectivity index (χ4v) is 2.14. The zero-order chi connectivity index (χ0) is 17.4. The number of nitrogens with zero attached hydrogens (tertiary/aromatic N) is 2. The molecule has 1 aromatic rings. The minimum Gasteiger partial charge on any atom is -0.352 e. The van der Waals surface area contributed by atoms with Gasteiger partial charge in [-0.25, -0.2) is 14.8 Å². The molecule has 10 heteroatoms. The molecule has 3 amide bonds. The Labute approximate surface area is 143 Å². The average Bonchev–Trinajstić information content (AvgIpc) is 2.43. The number of nitrogens with one attached hydrogen (secondary N) is 1. The summed E-state index contributed by atoms with van der Waals surface area (Å²) in [6, 6.07) is 1.75. The van der Waals surface area contributed by atoms with Gasteiger partial charge in [-0.15, -0.1) is 0 Å². The number of hydrogen-bond donors (Lipinski definition) is 2. The summed E-state index contributed by atoms with van der Waals surface area (Å²) in [6.45, 7) is 4.32. The molecule has 0 radical (unpaired) electrons. The van der Waals surface area contributed by atoms with E-state index in [2.05, 4.69) is 10.4 Å². The maximum Gasteiger partial charge on any atom is 0.338 e. The van der Waals surface area contributed by atoms with E-state index >= 15 is 0 Å². The molecule has 1 rings (SSSR count). The van der Waals surface area contributed by atoms with Crippen LogP contribution < -0.4 is 16.2 Å². The highest BCUT2D eigenvalue weighted by molar-refractivity contribution is 6.33. The maximum absolute atomic E-state index is 12.1. The number of pyridine rings is 1. The first-order valence-electron chi connectivity index (χ1n) is 6.82. The number of nitrogens with two attached hydrogens (primary N) is 1. The van der Waals surface area contributed by atoms with Gasteiger partial charge in [-0.3, -0.25) is 10.2 Å². The van der Waals surface area contributed by atoms with Crippen molar-refractivity contribution in [2.24, 2.45) is 5.73 Å². The van der Waals surface area contributed by atoms with Crippen LogP contribution in [0.5, 0.6) is 0 Å². The molecule has 0 aromatic carbocycles. The Balaban J connectivity index is 2.83. The van der Waals surface area contributed by atoms with Gasteiger partial charge in [0.1, 0.15) is 10.3 Å². The van der Waals surface area contributed by atoms with Crippen LogP contribution in [0.25, 0.3) is 0 Å². The van der Waals surface area contributed by atoms with Crippen LogP contribution >= 0.6 is 23.2 Å². The van der Waals surface area contributed by atoms with Crippen LogP contribution in [0, 0.1) is 0 Å². The van der Waals surface area contributed by atoms with Crippen molar-refractivity contribution in [3.8, 4) is 0 Å². The van der Waals surface area contributed by atoms with Gasteiger partial charge >= 0.3 is 6.03 Å². The molecule has 23 heavy (non-hydrogen) atoms. The van der Waals surface area contributed by atoms with Gasteiger partial charge in [0.05, 0.1) is 12.1 Å². The van der Waals surface area contributed by atoms with E-state index in [1.165, 1.54) is 12.1 Å². The molecule has 0 fully saturated rings. The van der Waals surface area contributed by atoms with Crippen LogP contribution in [0.2, 0.25) is 10.3 Å². The van der Waals surface area contributed by atoms with Crippen molar-refractivity contribution in [3.63, 3.8) is 0 Å². The molecule has 0 unspecified atom stereocenters. The largest absolute Gasteiger partial charge is 0.352 e. The van der Waals surface area contributed by atoms with Crippen molar-refractivity contribution in [1.82, 2.24) is 10.4 Å². The lowest BCUT2D eigenvalue weighted by molar-refractivity contribution is -0.153. The Morgan fingerprint density at radius 1 is 1.26 bits per heavy atom. The number of anilines is 1. The van der Waals surface area contributed by atoms with Crippen LogP contribution in [-0.2, 0) is 14.3 Å². The first kappa shape index (κ1) is 19.4. The van der Waals surface area contributed by atoms with Crippen molar-refractivity contribution in [2.75, 3.05) is 18.2 Å². The topological polar surface area (TPSA) is 107 Å². The number of carbonyl (C=O) groups is 2. The normalized spacial score (nSPS) is 10.7. The second-order valence-electron chi connectivity index (χ2n) is 4.22. The highest BCUT2D eigenvalue weighted by Crippen LogP contribution is 2.21. The Hall–Kier alpha value is -1.61. The highest BCUT2D eigenvalue weighted by atomic mass is 35.5. The summed E-state index contributed by atoms with van der Waals surface area (Å²) in [4.78, 5) is 27.4. The molecule has 8 nitrogen and oxygen atoms in total. The van der Waals surface area contributed by atoms with Crippen LogP contribution in [-0.4, -0.2) is 36.4 Å². The number of amides is 3. The number of hydrazine groups is 1. The Kier molecular flexibility index (Phi) is 8.04. The number of halogens is 2. The number of carbonyl (C=O) groups excluding carboxylic acids is 2. The smallest absolute Gasteiger partial charge is 0.338 e. The van der Waals surface area contributed by atoms with Crippen molar-refractivity contribution >= 4 is 40.8 Å². The molecule has 0 atom stereocenters. The van der Waals surface area contributed by atoms with Crippen LogP contribution in [0.3, 0.4) is 0 Å². The van der Waals surface area contributed by atoms with Crippen molar-refractivity contribution in [2.45, 2.75) is 26.6 Å². The fraction of sp³-hybridized carbons (Fsp3) is 0.462. The van der Waals surface area contributed by atoms with Crippen molar-refractivity contribution in [3.05, 3.63) is 22.4 Å². The number of hydrogen-bond acceptors (Lipinski definition) is 5. The minimum atomic E-state index is -0.916. The molecule has 128 valence electrons. The SMILES string of the molecule is CCOC(CC(=O)NN(C(N)=O)c1cc(Cl)nc(Cl)c1)OCC. The number of primary amides is 1. The van der Waals surface area contributed by atoms with E-state index in [-0.39, 0.29) is 22.4 Å². The summed E-state index contributed by atoms with van der Waals surface area (Å²) in [7, 11) is 0. The molecular formula is C13H18Cl2N4O4. The van der Waals surface area contributed by atoms with Gasteiger partial charge in [0.25, 0.3) is 0 Å². The second-order valence-corrected chi connectivity index (χ2v) is 5.00. The third kappa shape index (κ3) is 6.57. The Bertz CT molecular complexity index is 533. The number of aromatic nitrogens is 1. The molecule has 0 saturated carbocycles. The average molecular weight is 365 g/mol. The van der Waals surface area contributed by atoms with E-state index in [1.54, 1.807) is 13.8 Å². The summed E-state index contributed by atoms with van der Waals surface area (Å²) in [5.74, 6) is -0.528. The van der Waals surface area contributed by atoms with E-state index < -0.39 is 18.2 Å². The second kappa shape index (κ2) is 9.51. The molecule has 0 aliphatic rings. The zero-order valence-electron chi connectivity index (χ0n) is 12.7. The summed E-state index contributed by atoms with van der Waals surface area (Å²) < 4.78 is 10.5. The molecule has 0 spiro atoms. The molecule has 0 bridgehead atoms. The lowest BCUT2D eigenvalue weighted by atomic mass is 10.3. The molecule has 3 N–H and O–H groups in total. The van der Waals surface area contributed by atoms with E-state index in [4.69, 9.17) is 38.4 Å². The van der Waals surface area contributed by atoms with Gasteiger partial charge < -0.3 is 15.2 Å². The summed E-state index contributed by atoms with van der Waals surface area (Å²) >= 11 is 11.6. The number of ether oxygens (including phenoxy) is 2. The van der Waals surface area contributed by atoms with E-state index in [0.717, 1.165) is 5.01 Å². The first-order chi connectivity index (χ1) is 10.9. The molecule has 0 saturated heterocycles. The molecule has 1 aromatic heterocycles. The molecule has 0 aliphatic heterocycles. The van der Waals surface area contributed by atoms with Crippen LogP contribution in [0.4, 0.5) is 10.5 Å². The number of rotatable bonds is 7. The third-order valence-corrected chi connectivity index (χ3v) is 2.91. The maximum atomic E-state index is 12.1. The van der Waals surface area contributed by atoms with Gasteiger partial charge in [-0.1, -0.05) is 23.2 Å². The fourth-order valence-electron chi connectivity index (χ4n) is 1.69. The van der Waals surface area contributed by atoms with Crippen LogP contribution in [0.1, 0.15) is 20.3 Å². The van der Waals surface area contributed by atoms with Crippen molar-refractivity contribution < 1.29 is 19.1 Å². The van der Waals surface area contributed by atoms with Gasteiger partial charge in [0, 0.05) is 25.3 Å². The lowest BCUT2D eigenvalue weighted by Crippen LogP contribution is -2.50. The molecule has 0 aliphatic carbocycles. The van der Waals surface area contributed by atoms with Crippen molar-refractivity contribution in [1.29, 1.82) is 0 Å². The summed E-state index contributed by atoms with van der Waals surface area (Å²) in [6.07, 6.45) is -0.831. The summed E-state index contributed by atoms with van der Waals surface area (Å²) in [5, 5.41) is 0.917. The lowest BCUT2D eigenvalue weighted by Gasteiger charge is -2.23. The van der Waals surface area contributed by atoms with Gasteiger partial charge in [0.15, 0.2) is 6.29 Å². The molecular weight excluding hydrogens is 347 g/mol. The predicted molar refractivity (Wildman–Crippen MR) is 86.1 cm³/mol. The van der Waals surface area contributed by atoms with Gasteiger partial charge in [-0.05, 0) is 13.8 Å². The van der Waals surface area contributed by atoms with Gasteiger partial charge in [-0.2, -0.15) is 0 Å².